The first-order valence-corrected chi connectivity index (χ1v) is 6.58. The molecule has 1 aliphatic rings. The van der Waals surface area contributed by atoms with Gasteiger partial charge in [0, 0.05) is 32.3 Å². The molecular formula is C13H19N3O3. The highest BCUT2D eigenvalue weighted by atomic mass is 16.4. The summed E-state index contributed by atoms with van der Waals surface area (Å²) in [5.74, 6) is -0.897. The van der Waals surface area contributed by atoms with Crippen molar-refractivity contribution in [1.82, 2.24) is 14.5 Å². The molecule has 19 heavy (non-hydrogen) atoms. The molecule has 1 unspecified atom stereocenters. The first kappa shape index (κ1) is 13.6. The molecule has 104 valence electrons. The maximum absolute atomic E-state index is 12.4. The van der Waals surface area contributed by atoms with E-state index in [-0.39, 0.29) is 18.4 Å². The van der Waals surface area contributed by atoms with Gasteiger partial charge in [0.15, 0.2) is 0 Å². The number of carbonyl (C=O) groups excluding carboxylic acids is 1. The molecule has 1 saturated heterocycles. The third kappa shape index (κ3) is 3.33. The Labute approximate surface area is 112 Å². The Morgan fingerprint density at radius 2 is 2.26 bits per heavy atom. The van der Waals surface area contributed by atoms with Gasteiger partial charge in [-0.05, 0) is 25.7 Å². The number of aromatic nitrogens is 2. The van der Waals surface area contributed by atoms with Crippen LogP contribution in [0.1, 0.15) is 42.6 Å². The van der Waals surface area contributed by atoms with E-state index in [9.17, 15) is 9.59 Å². The average molecular weight is 265 g/mol. The SMILES string of the molecule is Cn1cnc(C(=O)N2CCCCC2CCC(=O)O)c1. The zero-order valence-electron chi connectivity index (χ0n) is 11.1. The van der Waals surface area contributed by atoms with Crippen LogP contribution in [-0.2, 0) is 11.8 Å². The third-order valence-corrected chi connectivity index (χ3v) is 3.50. The summed E-state index contributed by atoms with van der Waals surface area (Å²) in [6, 6.07) is 0.0272. The van der Waals surface area contributed by atoms with Crippen LogP contribution in [0.15, 0.2) is 12.5 Å². The van der Waals surface area contributed by atoms with Crippen molar-refractivity contribution in [2.75, 3.05) is 6.54 Å². The Bertz CT molecular complexity index is 469. The zero-order valence-corrected chi connectivity index (χ0v) is 11.1. The van der Waals surface area contributed by atoms with Crippen LogP contribution in [-0.4, -0.2) is 44.0 Å². The summed E-state index contributed by atoms with van der Waals surface area (Å²) in [5.41, 5.74) is 0.435. The molecule has 0 saturated carbocycles. The van der Waals surface area contributed by atoms with E-state index >= 15 is 0 Å². The fraction of sp³-hybridized carbons (Fsp3) is 0.615. The van der Waals surface area contributed by atoms with Gasteiger partial charge in [0.05, 0.1) is 6.33 Å². The van der Waals surface area contributed by atoms with Crippen molar-refractivity contribution in [3.05, 3.63) is 18.2 Å². The average Bonchev–Trinajstić information content (AvgIpc) is 2.82. The second-order valence-electron chi connectivity index (χ2n) is 5.00. The lowest BCUT2D eigenvalue weighted by molar-refractivity contribution is -0.137. The summed E-state index contributed by atoms with van der Waals surface area (Å²) >= 11 is 0. The van der Waals surface area contributed by atoms with Crippen molar-refractivity contribution < 1.29 is 14.7 Å². The summed E-state index contributed by atoms with van der Waals surface area (Å²) in [6.45, 7) is 0.694. The van der Waals surface area contributed by atoms with Crippen LogP contribution in [0.25, 0.3) is 0 Å². The van der Waals surface area contributed by atoms with E-state index in [1.54, 1.807) is 22.0 Å². The Morgan fingerprint density at radius 3 is 2.89 bits per heavy atom. The summed E-state index contributed by atoms with van der Waals surface area (Å²) in [7, 11) is 1.82. The molecule has 0 bridgehead atoms. The smallest absolute Gasteiger partial charge is 0.303 e. The number of hydrogen-bond donors (Lipinski definition) is 1. The van der Waals surface area contributed by atoms with Gasteiger partial charge >= 0.3 is 5.97 Å². The lowest BCUT2D eigenvalue weighted by Crippen LogP contribution is -2.44. The predicted molar refractivity (Wildman–Crippen MR) is 68.8 cm³/mol. The number of aryl methyl sites for hydroxylation is 1. The number of rotatable bonds is 4. The fourth-order valence-corrected chi connectivity index (χ4v) is 2.53. The number of carboxylic acid groups (broad SMARTS) is 1. The number of imidazole rings is 1. The monoisotopic (exact) mass is 265 g/mol. The molecule has 2 rings (SSSR count). The van der Waals surface area contributed by atoms with E-state index in [2.05, 4.69) is 4.98 Å². The largest absolute Gasteiger partial charge is 0.481 e. The molecule has 0 aromatic carbocycles. The van der Waals surface area contributed by atoms with Crippen LogP contribution in [0.2, 0.25) is 0 Å². The van der Waals surface area contributed by atoms with E-state index in [0.29, 0.717) is 18.7 Å². The van der Waals surface area contributed by atoms with Gasteiger partial charge in [0.1, 0.15) is 5.69 Å². The van der Waals surface area contributed by atoms with Gasteiger partial charge in [-0.1, -0.05) is 0 Å². The highest BCUT2D eigenvalue weighted by molar-refractivity contribution is 5.92. The quantitative estimate of drug-likeness (QED) is 0.889. The van der Waals surface area contributed by atoms with E-state index in [1.807, 2.05) is 7.05 Å². The van der Waals surface area contributed by atoms with Gasteiger partial charge in [0.2, 0.25) is 0 Å². The maximum Gasteiger partial charge on any atom is 0.303 e. The number of nitrogens with zero attached hydrogens (tertiary/aromatic N) is 3. The zero-order chi connectivity index (χ0) is 13.8. The van der Waals surface area contributed by atoms with E-state index in [4.69, 9.17) is 5.11 Å². The lowest BCUT2D eigenvalue weighted by atomic mass is 9.97. The molecule has 6 nitrogen and oxygen atoms in total. The van der Waals surface area contributed by atoms with Crippen molar-refractivity contribution in [3.63, 3.8) is 0 Å². The van der Waals surface area contributed by atoms with Crippen LogP contribution >= 0.6 is 0 Å². The molecule has 1 aliphatic heterocycles. The second kappa shape index (κ2) is 5.86. The summed E-state index contributed by atoms with van der Waals surface area (Å²) < 4.78 is 1.74. The predicted octanol–water partition coefficient (Wildman–Crippen LogP) is 1.28. The van der Waals surface area contributed by atoms with Crippen LogP contribution in [0.5, 0.6) is 0 Å². The molecule has 1 fully saturated rings. The Hall–Kier alpha value is -1.85. The number of hydrogen-bond acceptors (Lipinski definition) is 3. The lowest BCUT2D eigenvalue weighted by Gasteiger charge is -2.35. The third-order valence-electron chi connectivity index (χ3n) is 3.50. The van der Waals surface area contributed by atoms with Gasteiger partial charge in [-0.3, -0.25) is 9.59 Å². The van der Waals surface area contributed by atoms with Crippen LogP contribution in [0.4, 0.5) is 0 Å². The number of carbonyl (C=O) groups is 2. The highest BCUT2D eigenvalue weighted by Gasteiger charge is 2.28. The molecule has 1 atom stereocenters. The van der Waals surface area contributed by atoms with Gasteiger partial charge in [-0.15, -0.1) is 0 Å². The Kier molecular flexibility index (Phi) is 4.19. The van der Waals surface area contributed by atoms with Crippen molar-refractivity contribution >= 4 is 11.9 Å². The first-order valence-electron chi connectivity index (χ1n) is 6.58. The molecule has 1 N–H and O–H groups in total. The molecule has 1 aromatic rings. The van der Waals surface area contributed by atoms with Crippen molar-refractivity contribution in [1.29, 1.82) is 0 Å². The minimum Gasteiger partial charge on any atom is -0.481 e. The number of aliphatic carboxylic acids is 1. The molecule has 0 radical (unpaired) electrons. The molecule has 6 heteroatoms. The highest BCUT2D eigenvalue weighted by Crippen LogP contribution is 2.22. The van der Waals surface area contributed by atoms with Gasteiger partial charge in [0.25, 0.3) is 5.91 Å². The second-order valence-corrected chi connectivity index (χ2v) is 5.00. The molecule has 1 amide bonds. The summed E-state index contributed by atoms with van der Waals surface area (Å²) in [6.07, 6.45) is 6.84. The number of likely N-dealkylation sites (tertiary alicyclic amines) is 1. The summed E-state index contributed by atoms with van der Waals surface area (Å²) in [4.78, 5) is 28.9. The van der Waals surface area contributed by atoms with Crippen molar-refractivity contribution in [3.8, 4) is 0 Å². The molecule has 2 heterocycles. The molecule has 0 spiro atoms. The fourth-order valence-electron chi connectivity index (χ4n) is 2.53. The van der Waals surface area contributed by atoms with Crippen molar-refractivity contribution in [2.45, 2.75) is 38.1 Å². The van der Waals surface area contributed by atoms with Crippen molar-refractivity contribution in [2.24, 2.45) is 7.05 Å². The molecular weight excluding hydrogens is 246 g/mol. The number of piperidine rings is 1. The Morgan fingerprint density at radius 1 is 1.47 bits per heavy atom. The van der Waals surface area contributed by atoms with Gasteiger partial charge < -0.3 is 14.6 Å². The topological polar surface area (TPSA) is 75.4 Å². The normalized spacial score (nSPS) is 19.4. The molecule has 0 aliphatic carbocycles. The maximum atomic E-state index is 12.4. The minimum absolute atomic E-state index is 0.0272. The van der Waals surface area contributed by atoms with Crippen LogP contribution in [0, 0.1) is 0 Å². The first-order chi connectivity index (χ1) is 9.08. The number of amides is 1. The van der Waals surface area contributed by atoms with Crippen LogP contribution < -0.4 is 0 Å². The molecule has 1 aromatic heterocycles. The Balaban J connectivity index is 2.06. The van der Waals surface area contributed by atoms with Gasteiger partial charge in [-0.25, -0.2) is 4.98 Å². The van der Waals surface area contributed by atoms with Crippen LogP contribution in [0.3, 0.4) is 0 Å². The van der Waals surface area contributed by atoms with E-state index < -0.39 is 5.97 Å². The van der Waals surface area contributed by atoms with E-state index in [0.717, 1.165) is 19.3 Å². The summed E-state index contributed by atoms with van der Waals surface area (Å²) in [5, 5.41) is 8.77. The van der Waals surface area contributed by atoms with Gasteiger partial charge in [-0.2, -0.15) is 0 Å². The standard InChI is InChI=1S/C13H19N3O3/c1-15-8-11(14-9-15)13(19)16-7-3-2-4-10(16)5-6-12(17)18/h8-10H,2-7H2,1H3,(H,17,18). The van der Waals surface area contributed by atoms with E-state index in [1.165, 1.54) is 0 Å². The minimum atomic E-state index is -0.809. The number of carboxylic acids is 1.